The van der Waals surface area contributed by atoms with Crippen LogP contribution in [0.3, 0.4) is 0 Å². The van der Waals surface area contributed by atoms with E-state index in [0.717, 1.165) is 11.3 Å². The molecule has 0 aliphatic rings. The van der Waals surface area contributed by atoms with Crippen LogP contribution in [0.25, 0.3) is 5.69 Å². The van der Waals surface area contributed by atoms with Gasteiger partial charge in [0.25, 0.3) is 0 Å². The average molecular weight is 230 g/mol. The molecule has 0 radical (unpaired) electrons. The Balaban J connectivity index is 2.14. The van der Waals surface area contributed by atoms with Crippen molar-refractivity contribution in [2.24, 2.45) is 5.92 Å². The van der Waals surface area contributed by atoms with Gasteiger partial charge in [0, 0.05) is 6.20 Å². The standard InChI is InChI=1S/C13H14N2O2/c1-10(13(16)17)7-11-8-14-15(9-11)12-5-3-2-4-6-12/h2-6,8-10H,7H2,1H3,(H,16,17). The van der Waals surface area contributed by atoms with Crippen LogP contribution in [-0.2, 0) is 11.2 Å². The summed E-state index contributed by atoms with van der Waals surface area (Å²) in [6.07, 6.45) is 4.09. The Morgan fingerprint density at radius 3 is 2.76 bits per heavy atom. The molecule has 0 spiro atoms. The van der Waals surface area contributed by atoms with E-state index >= 15 is 0 Å². The van der Waals surface area contributed by atoms with Crippen LogP contribution >= 0.6 is 0 Å². The predicted octanol–water partition coefficient (Wildman–Crippen LogP) is 2.14. The number of carboxylic acids is 1. The Kier molecular flexibility index (Phi) is 3.23. The Bertz CT molecular complexity index is 505. The number of para-hydroxylation sites is 1. The molecule has 1 heterocycles. The number of aromatic nitrogens is 2. The van der Waals surface area contributed by atoms with Crippen LogP contribution < -0.4 is 0 Å². The van der Waals surface area contributed by atoms with E-state index in [9.17, 15) is 4.79 Å². The number of hydrogen-bond donors (Lipinski definition) is 1. The number of rotatable bonds is 4. The number of carboxylic acid groups (broad SMARTS) is 1. The third-order valence-corrected chi connectivity index (χ3v) is 2.62. The first kappa shape index (κ1) is 11.4. The van der Waals surface area contributed by atoms with E-state index in [0.29, 0.717) is 6.42 Å². The molecule has 0 saturated heterocycles. The van der Waals surface area contributed by atoms with Crippen molar-refractivity contribution in [1.29, 1.82) is 0 Å². The van der Waals surface area contributed by atoms with E-state index in [1.54, 1.807) is 17.8 Å². The van der Waals surface area contributed by atoms with Crippen LogP contribution in [0.15, 0.2) is 42.7 Å². The summed E-state index contributed by atoms with van der Waals surface area (Å²) < 4.78 is 1.75. The second kappa shape index (κ2) is 4.82. The van der Waals surface area contributed by atoms with E-state index in [2.05, 4.69) is 5.10 Å². The van der Waals surface area contributed by atoms with Crippen LogP contribution in [0.4, 0.5) is 0 Å². The van der Waals surface area contributed by atoms with Crippen molar-refractivity contribution >= 4 is 5.97 Å². The first-order valence-electron chi connectivity index (χ1n) is 5.48. The Morgan fingerprint density at radius 1 is 1.41 bits per heavy atom. The van der Waals surface area contributed by atoms with Gasteiger partial charge in [-0.2, -0.15) is 5.10 Å². The highest BCUT2D eigenvalue weighted by atomic mass is 16.4. The van der Waals surface area contributed by atoms with Gasteiger partial charge < -0.3 is 5.11 Å². The topological polar surface area (TPSA) is 55.1 Å². The van der Waals surface area contributed by atoms with Crippen molar-refractivity contribution in [2.45, 2.75) is 13.3 Å². The van der Waals surface area contributed by atoms with Crippen LogP contribution in [0.5, 0.6) is 0 Å². The number of aliphatic carboxylic acids is 1. The van der Waals surface area contributed by atoms with Crippen LogP contribution in [0.2, 0.25) is 0 Å². The fourth-order valence-electron chi connectivity index (χ4n) is 1.63. The molecule has 17 heavy (non-hydrogen) atoms. The summed E-state index contributed by atoms with van der Waals surface area (Å²) in [7, 11) is 0. The third kappa shape index (κ3) is 2.72. The number of hydrogen-bond acceptors (Lipinski definition) is 2. The van der Waals surface area contributed by atoms with Gasteiger partial charge in [0.15, 0.2) is 0 Å². The van der Waals surface area contributed by atoms with Crippen molar-refractivity contribution in [1.82, 2.24) is 9.78 Å². The smallest absolute Gasteiger partial charge is 0.306 e. The van der Waals surface area contributed by atoms with Gasteiger partial charge in [0.05, 0.1) is 17.8 Å². The summed E-state index contributed by atoms with van der Waals surface area (Å²) >= 11 is 0. The summed E-state index contributed by atoms with van der Waals surface area (Å²) in [4.78, 5) is 10.8. The van der Waals surface area contributed by atoms with Gasteiger partial charge in [-0.1, -0.05) is 25.1 Å². The largest absolute Gasteiger partial charge is 0.481 e. The zero-order valence-electron chi connectivity index (χ0n) is 9.58. The minimum Gasteiger partial charge on any atom is -0.481 e. The molecule has 1 atom stereocenters. The highest BCUT2D eigenvalue weighted by Gasteiger charge is 2.12. The van der Waals surface area contributed by atoms with Gasteiger partial charge in [0.2, 0.25) is 0 Å². The van der Waals surface area contributed by atoms with Crippen molar-refractivity contribution in [3.63, 3.8) is 0 Å². The monoisotopic (exact) mass is 230 g/mol. The number of nitrogens with zero attached hydrogens (tertiary/aromatic N) is 2. The lowest BCUT2D eigenvalue weighted by molar-refractivity contribution is -0.141. The lowest BCUT2D eigenvalue weighted by atomic mass is 10.0. The Hall–Kier alpha value is -2.10. The first-order chi connectivity index (χ1) is 8.16. The molecule has 0 amide bonds. The molecule has 1 unspecified atom stereocenters. The minimum absolute atomic E-state index is 0.386. The predicted molar refractivity (Wildman–Crippen MR) is 64.1 cm³/mol. The van der Waals surface area contributed by atoms with E-state index < -0.39 is 5.97 Å². The number of benzene rings is 1. The van der Waals surface area contributed by atoms with Crippen LogP contribution in [-0.4, -0.2) is 20.9 Å². The molecule has 0 aliphatic heterocycles. The molecule has 88 valence electrons. The van der Waals surface area contributed by atoms with Gasteiger partial charge in [-0.3, -0.25) is 4.79 Å². The summed E-state index contributed by atoms with van der Waals surface area (Å²) in [5.74, 6) is -1.17. The van der Waals surface area contributed by atoms with Gasteiger partial charge in [0.1, 0.15) is 0 Å². The van der Waals surface area contributed by atoms with Crippen molar-refractivity contribution < 1.29 is 9.90 Å². The SMILES string of the molecule is CC(Cc1cnn(-c2ccccc2)c1)C(=O)O. The molecule has 0 bridgehead atoms. The van der Waals surface area contributed by atoms with Crippen molar-refractivity contribution in [3.05, 3.63) is 48.3 Å². The van der Waals surface area contributed by atoms with E-state index in [4.69, 9.17) is 5.11 Å². The summed E-state index contributed by atoms with van der Waals surface area (Å²) in [6.45, 7) is 1.70. The fourth-order valence-corrected chi connectivity index (χ4v) is 1.63. The minimum atomic E-state index is -0.780. The molecule has 4 heteroatoms. The molecule has 2 aromatic rings. The molecular formula is C13H14N2O2. The summed E-state index contributed by atoms with van der Waals surface area (Å²) in [5, 5.41) is 13.1. The van der Waals surface area contributed by atoms with Crippen molar-refractivity contribution in [2.75, 3.05) is 0 Å². The average Bonchev–Trinajstić information content (AvgIpc) is 2.78. The Labute approximate surface area is 99.5 Å². The van der Waals surface area contributed by atoms with E-state index in [-0.39, 0.29) is 5.92 Å². The zero-order valence-corrected chi connectivity index (χ0v) is 9.58. The van der Waals surface area contributed by atoms with Gasteiger partial charge in [-0.15, -0.1) is 0 Å². The molecule has 4 nitrogen and oxygen atoms in total. The normalized spacial score (nSPS) is 12.3. The van der Waals surface area contributed by atoms with Crippen LogP contribution in [0, 0.1) is 5.92 Å². The fraction of sp³-hybridized carbons (Fsp3) is 0.231. The molecule has 0 fully saturated rings. The van der Waals surface area contributed by atoms with Gasteiger partial charge >= 0.3 is 5.97 Å². The second-order valence-corrected chi connectivity index (χ2v) is 4.07. The van der Waals surface area contributed by atoms with Gasteiger partial charge in [-0.25, -0.2) is 4.68 Å². The quantitative estimate of drug-likeness (QED) is 0.875. The Morgan fingerprint density at radius 2 is 2.12 bits per heavy atom. The van der Waals surface area contributed by atoms with Gasteiger partial charge in [-0.05, 0) is 24.1 Å². The molecule has 0 saturated carbocycles. The maximum atomic E-state index is 10.8. The summed E-state index contributed by atoms with van der Waals surface area (Å²) in [5.41, 5.74) is 1.91. The van der Waals surface area contributed by atoms with E-state index in [1.807, 2.05) is 36.5 Å². The zero-order chi connectivity index (χ0) is 12.3. The molecule has 1 aromatic carbocycles. The lowest BCUT2D eigenvalue weighted by Gasteiger charge is -2.02. The molecule has 0 aliphatic carbocycles. The summed E-state index contributed by atoms with van der Waals surface area (Å²) in [6, 6.07) is 9.74. The highest BCUT2D eigenvalue weighted by molar-refractivity contribution is 5.69. The maximum Gasteiger partial charge on any atom is 0.306 e. The molecule has 1 aromatic heterocycles. The number of carbonyl (C=O) groups is 1. The second-order valence-electron chi connectivity index (χ2n) is 4.07. The van der Waals surface area contributed by atoms with E-state index in [1.165, 1.54) is 0 Å². The molecular weight excluding hydrogens is 216 g/mol. The van der Waals surface area contributed by atoms with Crippen molar-refractivity contribution in [3.8, 4) is 5.69 Å². The maximum absolute atomic E-state index is 10.8. The van der Waals surface area contributed by atoms with Crippen LogP contribution in [0.1, 0.15) is 12.5 Å². The first-order valence-corrected chi connectivity index (χ1v) is 5.48. The third-order valence-electron chi connectivity index (χ3n) is 2.62. The lowest BCUT2D eigenvalue weighted by Crippen LogP contribution is -2.11. The molecule has 2 rings (SSSR count). The molecule has 1 N–H and O–H groups in total. The highest BCUT2D eigenvalue weighted by Crippen LogP contribution is 2.11.